The van der Waals surface area contributed by atoms with Crippen LogP contribution in [0.4, 0.5) is 0 Å². The topological polar surface area (TPSA) is 44.8 Å². The van der Waals surface area contributed by atoms with Gasteiger partial charge in [0.05, 0.1) is 13.7 Å². The van der Waals surface area contributed by atoms with Gasteiger partial charge in [0, 0.05) is 5.56 Å². The summed E-state index contributed by atoms with van der Waals surface area (Å²) in [6.07, 6.45) is 0. The first-order valence-corrected chi connectivity index (χ1v) is 9.19. The molecule has 0 saturated heterocycles. The minimum absolute atomic E-state index is 0.361. The van der Waals surface area contributed by atoms with Crippen LogP contribution in [0.15, 0.2) is 42.5 Å². The van der Waals surface area contributed by atoms with E-state index in [1.807, 2.05) is 63.2 Å². The molecule has 0 spiro atoms. The van der Waals surface area contributed by atoms with Crippen molar-refractivity contribution in [1.29, 1.82) is 0 Å². The fourth-order valence-electron chi connectivity index (χ4n) is 2.82. The van der Waals surface area contributed by atoms with E-state index >= 15 is 0 Å². The average Bonchev–Trinajstić information content (AvgIpc) is 2.73. The first-order valence-electron chi connectivity index (χ1n) is 7.64. The van der Waals surface area contributed by atoms with Crippen LogP contribution in [0.1, 0.15) is 26.3 Å². The van der Waals surface area contributed by atoms with E-state index in [-0.39, 0.29) is 0 Å². The molecule has 23 heavy (non-hydrogen) atoms. The standard InChI is InChI=1S/C18H21O4P/c1-5-21-23(19)18(2,3)16-11-8-14(12-17(16)22-23)13-6-9-15(20-4)10-7-13/h6-12H,5H2,1-4H3. The second-order valence-electron chi connectivity index (χ2n) is 6.00. The van der Waals surface area contributed by atoms with Gasteiger partial charge in [-0.2, -0.15) is 0 Å². The number of hydrogen-bond acceptors (Lipinski definition) is 4. The van der Waals surface area contributed by atoms with Gasteiger partial charge in [0.15, 0.2) is 0 Å². The number of benzene rings is 2. The Hall–Kier alpha value is -1.77. The van der Waals surface area contributed by atoms with Crippen molar-refractivity contribution in [3.05, 3.63) is 48.0 Å². The quantitative estimate of drug-likeness (QED) is 0.720. The molecule has 1 aliphatic heterocycles. The molecule has 2 aromatic rings. The van der Waals surface area contributed by atoms with Gasteiger partial charge in [-0.05, 0) is 50.1 Å². The van der Waals surface area contributed by atoms with Crippen LogP contribution in [0.2, 0.25) is 0 Å². The van der Waals surface area contributed by atoms with Crippen LogP contribution in [0.5, 0.6) is 11.5 Å². The molecular weight excluding hydrogens is 311 g/mol. The fraction of sp³-hybridized carbons (Fsp3) is 0.333. The van der Waals surface area contributed by atoms with Crippen LogP contribution in [0, 0.1) is 0 Å². The molecule has 1 atom stereocenters. The van der Waals surface area contributed by atoms with E-state index in [0.717, 1.165) is 22.4 Å². The molecule has 0 aliphatic carbocycles. The summed E-state index contributed by atoms with van der Waals surface area (Å²) in [6, 6.07) is 13.7. The minimum atomic E-state index is -3.20. The van der Waals surface area contributed by atoms with Crippen molar-refractivity contribution in [2.24, 2.45) is 0 Å². The lowest BCUT2D eigenvalue weighted by atomic mass is 9.97. The zero-order valence-electron chi connectivity index (χ0n) is 13.8. The second kappa shape index (κ2) is 5.70. The Balaban J connectivity index is 2.00. The molecule has 1 aliphatic rings. The van der Waals surface area contributed by atoms with Crippen LogP contribution >= 0.6 is 7.60 Å². The monoisotopic (exact) mass is 332 g/mol. The smallest absolute Gasteiger partial charge is 0.389 e. The van der Waals surface area contributed by atoms with Crippen molar-refractivity contribution in [3.8, 4) is 22.6 Å². The molecule has 0 amide bonds. The number of methoxy groups -OCH3 is 1. The lowest BCUT2D eigenvalue weighted by Gasteiger charge is -2.24. The van der Waals surface area contributed by atoms with Crippen LogP contribution in [0.25, 0.3) is 11.1 Å². The molecule has 1 unspecified atom stereocenters. The van der Waals surface area contributed by atoms with Gasteiger partial charge in [0.25, 0.3) is 0 Å². The van der Waals surface area contributed by atoms with E-state index < -0.39 is 12.8 Å². The SMILES string of the molecule is CCOP1(=O)Oc2cc(-c3ccc(OC)cc3)ccc2C1(C)C. The maximum absolute atomic E-state index is 13.0. The van der Waals surface area contributed by atoms with E-state index in [2.05, 4.69) is 0 Å². The third-order valence-corrected chi connectivity index (χ3v) is 6.91. The van der Waals surface area contributed by atoms with E-state index in [9.17, 15) is 4.57 Å². The first-order chi connectivity index (χ1) is 10.9. The predicted molar refractivity (Wildman–Crippen MR) is 91.3 cm³/mol. The molecule has 0 N–H and O–H groups in total. The number of fused-ring (bicyclic) bond motifs is 1. The van der Waals surface area contributed by atoms with Crippen molar-refractivity contribution in [2.75, 3.05) is 13.7 Å². The van der Waals surface area contributed by atoms with E-state index in [0.29, 0.717) is 12.4 Å². The highest BCUT2D eigenvalue weighted by Crippen LogP contribution is 2.70. The normalized spacial score (nSPS) is 21.6. The summed E-state index contributed by atoms with van der Waals surface area (Å²) in [7, 11) is -1.55. The summed E-state index contributed by atoms with van der Waals surface area (Å²) in [5.41, 5.74) is 2.98. The van der Waals surface area contributed by atoms with Crippen molar-refractivity contribution in [1.82, 2.24) is 0 Å². The third-order valence-electron chi connectivity index (χ3n) is 4.27. The summed E-state index contributed by atoms with van der Waals surface area (Å²) in [5.74, 6) is 1.45. The van der Waals surface area contributed by atoms with Gasteiger partial charge in [-0.15, -0.1) is 0 Å². The molecule has 4 nitrogen and oxygen atoms in total. The molecule has 0 bridgehead atoms. The highest BCUT2D eigenvalue weighted by Gasteiger charge is 2.53. The van der Waals surface area contributed by atoms with Crippen molar-refractivity contribution < 1.29 is 18.3 Å². The van der Waals surface area contributed by atoms with Gasteiger partial charge in [-0.25, -0.2) is 4.57 Å². The fourth-order valence-corrected chi connectivity index (χ4v) is 4.65. The van der Waals surface area contributed by atoms with Gasteiger partial charge in [-0.3, -0.25) is 4.52 Å². The summed E-state index contributed by atoms with van der Waals surface area (Å²) < 4.78 is 29.4. The van der Waals surface area contributed by atoms with Crippen molar-refractivity contribution in [3.63, 3.8) is 0 Å². The Morgan fingerprint density at radius 2 is 1.74 bits per heavy atom. The predicted octanol–water partition coefficient (Wildman–Crippen LogP) is 5.22. The number of hydrogen-bond donors (Lipinski definition) is 0. The highest BCUT2D eigenvalue weighted by molar-refractivity contribution is 7.56. The Bertz CT molecular complexity index is 765. The maximum atomic E-state index is 13.0. The van der Waals surface area contributed by atoms with Crippen molar-refractivity contribution in [2.45, 2.75) is 25.9 Å². The lowest BCUT2D eigenvalue weighted by Crippen LogP contribution is -2.15. The van der Waals surface area contributed by atoms with Crippen LogP contribution in [-0.2, 0) is 14.2 Å². The molecule has 122 valence electrons. The van der Waals surface area contributed by atoms with Gasteiger partial charge in [0.1, 0.15) is 16.7 Å². The van der Waals surface area contributed by atoms with E-state index in [1.165, 1.54) is 0 Å². The summed E-state index contributed by atoms with van der Waals surface area (Å²) in [6.45, 7) is 6.00. The molecule has 3 rings (SSSR count). The van der Waals surface area contributed by atoms with E-state index in [4.69, 9.17) is 13.8 Å². The molecule has 2 aromatic carbocycles. The molecule has 5 heteroatoms. The van der Waals surface area contributed by atoms with Crippen LogP contribution in [0.3, 0.4) is 0 Å². The molecule has 0 fully saturated rings. The minimum Gasteiger partial charge on any atom is -0.497 e. The van der Waals surface area contributed by atoms with Gasteiger partial charge in [-0.1, -0.05) is 24.3 Å². The molecule has 1 heterocycles. The Morgan fingerprint density at radius 3 is 2.35 bits per heavy atom. The summed E-state index contributed by atoms with van der Waals surface area (Å²) in [4.78, 5) is 0. The second-order valence-corrected chi connectivity index (χ2v) is 8.56. The molecular formula is C18H21O4P. The van der Waals surface area contributed by atoms with Crippen LogP contribution < -0.4 is 9.26 Å². The average molecular weight is 332 g/mol. The summed E-state index contributed by atoms with van der Waals surface area (Å²) in [5, 5.41) is -0.642. The third kappa shape index (κ3) is 2.56. The van der Waals surface area contributed by atoms with Gasteiger partial charge < -0.3 is 9.26 Å². The molecule has 0 radical (unpaired) electrons. The molecule has 0 aromatic heterocycles. The Labute approximate surface area is 136 Å². The largest absolute Gasteiger partial charge is 0.497 e. The van der Waals surface area contributed by atoms with Gasteiger partial charge in [0.2, 0.25) is 0 Å². The maximum Gasteiger partial charge on any atom is 0.389 e. The highest BCUT2D eigenvalue weighted by atomic mass is 31.2. The van der Waals surface area contributed by atoms with E-state index in [1.54, 1.807) is 7.11 Å². The Morgan fingerprint density at radius 1 is 1.09 bits per heavy atom. The summed E-state index contributed by atoms with van der Waals surface area (Å²) >= 11 is 0. The zero-order valence-corrected chi connectivity index (χ0v) is 14.7. The van der Waals surface area contributed by atoms with Gasteiger partial charge >= 0.3 is 7.60 Å². The van der Waals surface area contributed by atoms with Crippen LogP contribution in [-0.4, -0.2) is 13.7 Å². The first kappa shape index (κ1) is 16.1. The Kier molecular flexibility index (Phi) is 3.99. The van der Waals surface area contributed by atoms with Crippen molar-refractivity contribution >= 4 is 7.60 Å². The number of ether oxygens (including phenoxy) is 1. The number of rotatable bonds is 4. The zero-order chi connectivity index (χ0) is 16.7. The molecule has 0 saturated carbocycles. The lowest BCUT2D eigenvalue weighted by molar-refractivity contribution is 0.270.